The largest absolute Gasteiger partial charge is 0.471 e. The van der Waals surface area contributed by atoms with Gasteiger partial charge in [0.2, 0.25) is 11.8 Å². The summed E-state index contributed by atoms with van der Waals surface area (Å²) in [6, 6.07) is 25.2. The van der Waals surface area contributed by atoms with Crippen molar-refractivity contribution >= 4 is 22.8 Å². The Kier molecular flexibility index (Phi) is 7.32. The molecule has 0 radical (unpaired) electrons. The molecule has 6 bridgehead atoms. The van der Waals surface area contributed by atoms with Crippen LogP contribution >= 0.6 is 0 Å². The van der Waals surface area contributed by atoms with E-state index in [9.17, 15) is 9.00 Å². The summed E-state index contributed by atoms with van der Waals surface area (Å²) in [6.45, 7) is 7.12. The minimum Gasteiger partial charge on any atom is -0.471 e. The third kappa shape index (κ3) is 5.61. The smallest absolute Gasteiger partial charge is 0.254 e. The molecule has 204 valence electrons. The Morgan fingerprint density at radius 2 is 1.70 bits per heavy atom. The van der Waals surface area contributed by atoms with Gasteiger partial charge in [-0.1, -0.05) is 54.6 Å². The number of carbonyl (C=O) groups is 1. The number of carbonyl (C=O) groups excluding carboxylic acids is 1. The lowest BCUT2D eigenvalue weighted by molar-refractivity contribution is 0.0690. The van der Waals surface area contributed by atoms with Crippen LogP contribution in [0.5, 0.6) is 5.88 Å². The molecule has 2 aliphatic rings. The van der Waals surface area contributed by atoms with Gasteiger partial charge in [-0.3, -0.25) is 14.4 Å². The molecule has 2 unspecified atom stereocenters. The summed E-state index contributed by atoms with van der Waals surface area (Å²) >= 11 is 0. The van der Waals surface area contributed by atoms with E-state index >= 15 is 0 Å². The summed E-state index contributed by atoms with van der Waals surface area (Å²) in [4.78, 5) is 27.6. The Hall–Kier alpha value is -4.08. The maximum atomic E-state index is 13.7. The zero-order valence-corrected chi connectivity index (χ0v) is 23.4. The minimum atomic E-state index is -1.68. The first-order valence-electron chi connectivity index (χ1n) is 13.4. The van der Waals surface area contributed by atoms with Crippen LogP contribution < -0.4 is 9.46 Å². The predicted molar refractivity (Wildman–Crippen MR) is 155 cm³/mol. The zero-order valence-electron chi connectivity index (χ0n) is 22.5. The molecule has 4 aromatic rings. The van der Waals surface area contributed by atoms with Crippen LogP contribution in [0.1, 0.15) is 27.0 Å². The van der Waals surface area contributed by atoms with Crippen molar-refractivity contribution in [2.45, 2.75) is 31.4 Å². The molecule has 40 heavy (non-hydrogen) atoms. The van der Waals surface area contributed by atoms with Crippen molar-refractivity contribution in [3.05, 3.63) is 101 Å². The molecule has 1 fully saturated rings. The van der Waals surface area contributed by atoms with E-state index in [1.165, 1.54) is 5.56 Å². The van der Waals surface area contributed by atoms with Gasteiger partial charge < -0.3 is 9.64 Å². The molecule has 8 nitrogen and oxygen atoms in total. The molecule has 1 N–H and O–H groups in total. The van der Waals surface area contributed by atoms with Crippen molar-refractivity contribution in [3.8, 4) is 17.1 Å². The maximum Gasteiger partial charge on any atom is 0.254 e. The molecular weight excluding hydrogens is 522 g/mol. The Bertz CT molecular complexity index is 1560. The Balaban J connectivity index is 1.43. The van der Waals surface area contributed by atoms with E-state index in [0.29, 0.717) is 48.2 Å². The standard InChI is InChI=1S/C31H31N5O3S/c1-21-8-6-9-22(2)29(21)27-17-28-33-31(32-27)34-40(38)26-13-7-12-24(16-26)30(37)36-15-14-35(19-25(20-36)39-28)18-23-10-4-3-5-11-23/h3-13,16-17,25H,14-15,18-20H2,1-2H3,(H,32,33,34). The molecule has 1 aromatic heterocycles. The molecule has 2 atom stereocenters. The van der Waals surface area contributed by atoms with Gasteiger partial charge in [0.25, 0.3) is 5.91 Å². The van der Waals surface area contributed by atoms with Gasteiger partial charge in [-0.25, -0.2) is 9.19 Å². The highest BCUT2D eigenvalue weighted by Crippen LogP contribution is 2.30. The molecule has 0 saturated carbocycles. The molecule has 0 aliphatic carbocycles. The molecule has 1 amide bonds. The van der Waals surface area contributed by atoms with Gasteiger partial charge in [-0.15, -0.1) is 0 Å². The van der Waals surface area contributed by atoms with Gasteiger partial charge >= 0.3 is 0 Å². The van der Waals surface area contributed by atoms with Crippen LogP contribution in [0.4, 0.5) is 5.95 Å². The van der Waals surface area contributed by atoms with Gasteiger partial charge in [0.15, 0.2) is 11.0 Å². The maximum absolute atomic E-state index is 13.7. The van der Waals surface area contributed by atoms with Crippen molar-refractivity contribution in [2.24, 2.45) is 0 Å². The van der Waals surface area contributed by atoms with Crippen molar-refractivity contribution in [1.82, 2.24) is 19.8 Å². The second-order valence-electron chi connectivity index (χ2n) is 10.3. The van der Waals surface area contributed by atoms with Crippen LogP contribution in [-0.4, -0.2) is 62.2 Å². The lowest BCUT2D eigenvalue weighted by atomic mass is 10.00. The average Bonchev–Trinajstić information content (AvgIpc) is 3.14. The summed E-state index contributed by atoms with van der Waals surface area (Å²) < 4.78 is 22.8. The fraction of sp³-hybridized carbons (Fsp3) is 0.258. The van der Waals surface area contributed by atoms with Crippen molar-refractivity contribution in [3.63, 3.8) is 0 Å². The summed E-state index contributed by atoms with van der Waals surface area (Å²) in [5.41, 5.74) is 5.51. The van der Waals surface area contributed by atoms with Gasteiger partial charge in [-0.05, 0) is 48.7 Å². The topological polar surface area (TPSA) is 87.7 Å². The second kappa shape index (κ2) is 11.2. The number of aryl methyl sites for hydroxylation is 2. The van der Waals surface area contributed by atoms with Gasteiger partial charge in [-0.2, -0.15) is 4.98 Å². The molecule has 0 spiro atoms. The molecular formula is C31H31N5O3S. The number of aromatic nitrogens is 2. The van der Waals surface area contributed by atoms with Crippen molar-refractivity contribution in [1.29, 1.82) is 0 Å². The molecule has 3 heterocycles. The normalized spacial score (nSPS) is 19.4. The average molecular weight is 554 g/mol. The number of nitrogens with zero attached hydrogens (tertiary/aromatic N) is 4. The second-order valence-corrected chi connectivity index (χ2v) is 11.5. The lowest BCUT2D eigenvalue weighted by Gasteiger charge is -2.25. The number of anilines is 1. The predicted octanol–water partition coefficient (Wildman–Crippen LogP) is 4.61. The third-order valence-corrected chi connectivity index (χ3v) is 8.36. The third-order valence-electron chi connectivity index (χ3n) is 7.31. The molecule has 3 aromatic carbocycles. The minimum absolute atomic E-state index is 0.109. The van der Waals surface area contributed by atoms with E-state index in [1.807, 2.05) is 61.2 Å². The summed E-state index contributed by atoms with van der Waals surface area (Å²) in [7, 11) is -1.68. The number of amides is 1. The molecule has 1 saturated heterocycles. The van der Waals surface area contributed by atoms with Crippen LogP contribution in [0.3, 0.4) is 0 Å². The first kappa shape index (κ1) is 26.2. The number of rotatable bonds is 3. The fourth-order valence-corrected chi connectivity index (χ4v) is 6.21. The zero-order chi connectivity index (χ0) is 27.6. The Labute approximate surface area is 236 Å². The first-order chi connectivity index (χ1) is 19.4. The SMILES string of the molecule is Cc1cccc(C)c1-c1cc2nc(n1)NS(=O)c1cccc(c1)C(=O)N1CCN(Cc3ccccc3)CC(C1)O2. The molecule has 2 aliphatic heterocycles. The van der Waals surface area contributed by atoms with Crippen molar-refractivity contribution < 1.29 is 13.7 Å². The number of fused-ring (bicyclic) bond motifs is 6. The van der Waals surface area contributed by atoms with E-state index in [1.54, 1.807) is 24.3 Å². The fourth-order valence-electron chi connectivity index (χ4n) is 5.40. The lowest BCUT2D eigenvalue weighted by Crippen LogP contribution is -2.40. The monoisotopic (exact) mass is 553 g/mol. The highest BCUT2D eigenvalue weighted by Gasteiger charge is 2.29. The number of nitrogens with one attached hydrogen (secondary N) is 1. The highest BCUT2D eigenvalue weighted by atomic mass is 32.2. The van der Waals surface area contributed by atoms with Crippen LogP contribution in [0, 0.1) is 13.8 Å². The highest BCUT2D eigenvalue weighted by molar-refractivity contribution is 7.86. The van der Waals surface area contributed by atoms with E-state index in [-0.39, 0.29) is 18.0 Å². The number of hydrogen-bond acceptors (Lipinski definition) is 6. The summed E-state index contributed by atoms with van der Waals surface area (Å²) in [6.07, 6.45) is -0.335. The molecule has 6 rings (SSSR count). The van der Waals surface area contributed by atoms with Crippen LogP contribution in [0.2, 0.25) is 0 Å². The summed E-state index contributed by atoms with van der Waals surface area (Å²) in [5.74, 6) is 0.468. The Morgan fingerprint density at radius 1 is 0.925 bits per heavy atom. The van der Waals surface area contributed by atoms with Gasteiger partial charge in [0.05, 0.1) is 17.1 Å². The van der Waals surface area contributed by atoms with E-state index in [0.717, 1.165) is 23.2 Å². The van der Waals surface area contributed by atoms with Gasteiger partial charge in [0.1, 0.15) is 6.10 Å². The molecule has 9 heteroatoms. The van der Waals surface area contributed by atoms with E-state index < -0.39 is 11.0 Å². The van der Waals surface area contributed by atoms with Crippen LogP contribution in [0.25, 0.3) is 11.3 Å². The van der Waals surface area contributed by atoms with Gasteiger partial charge in [0, 0.05) is 43.4 Å². The Morgan fingerprint density at radius 3 is 2.50 bits per heavy atom. The van der Waals surface area contributed by atoms with E-state index in [2.05, 4.69) is 26.7 Å². The quantitative estimate of drug-likeness (QED) is 0.399. The number of benzene rings is 3. The van der Waals surface area contributed by atoms with Crippen LogP contribution in [0.15, 0.2) is 83.8 Å². The van der Waals surface area contributed by atoms with Crippen LogP contribution in [-0.2, 0) is 17.5 Å². The summed E-state index contributed by atoms with van der Waals surface area (Å²) in [5, 5.41) is 0. The number of hydrogen-bond donors (Lipinski definition) is 1. The number of ether oxygens (including phenoxy) is 1. The first-order valence-corrected chi connectivity index (χ1v) is 14.5. The van der Waals surface area contributed by atoms with Crippen molar-refractivity contribution in [2.75, 3.05) is 30.9 Å². The van der Waals surface area contributed by atoms with E-state index in [4.69, 9.17) is 9.72 Å².